The minimum Gasteiger partial charge on any atom is -0.378 e. The molecular weight excluding hydrogens is 729 g/mol. The fourth-order valence-corrected chi connectivity index (χ4v) is 14.0. The van der Waals surface area contributed by atoms with Crippen molar-refractivity contribution >= 4 is 53.3 Å². The average Bonchev–Trinajstić information content (AvgIpc) is 3.25. The second-order valence-electron chi connectivity index (χ2n) is 13.0. The normalized spacial score (nSPS) is 12.2. The smallest absolute Gasteiger partial charge is 0.145 e. The van der Waals surface area contributed by atoms with Gasteiger partial charge in [-0.3, -0.25) is 0 Å². The van der Waals surface area contributed by atoms with Crippen LogP contribution < -0.4 is 31.8 Å². The Morgan fingerprint density at radius 2 is 0.556 bits per heavy atom. The standard InChI is InChI=1S/C45H47O6P3/c46-52(40-19-7-1-8-20-40,41-21-9-2-10-22-41)34-31-49-37-39(51-33-36-54(48,44-27-15-5-16-28-44)45-29-17-6-18-30-45)38-50-32-35-53(47,42-23-11-3-12-24-42)43-25-13-4-14-26-43/h1-30,39H,31-38H2. The Hall–Kier alpha value is -4.11. The molecule has 0 heterocycles. The van der Waals surface area contributed by atoms with Crippen molar-refractivity contribution in [2.75, 3.05) is 51.5 Å². The molecule has 6 rings (SSSR count). The molecule has 0 bridgehead atoms. The third kappa shape index (κ3) is 9.95. The van der Waals surface area contributed by atoms with Crippen LogP contribution in [0.3, 0.4) is 0 Å². The van der Waals surface area contributed by atoms with Gasteiger partial charge in [-0.2, -0.15) is 0 Å². The van der Waals surface area contributed by atoms with Gasteiger partial charge in [0, 0.05) is 50.3 Å². The summed E-state index contributed by atoms with van der Waals surface area (Å²) in [6, 6.07) is 57.3. The first-order chi connectivity index (χ1) is 26.4. The maximum atomic E-state index is 14.7. The second kappa shape index (κ2) is 19.5. The van der Waals surface area contributed by atoms with Gasteiger partial charge < -0.3 is 27.9 Å². The van der Waals surface area contributed by atoms with Crippen LogP contribution in [0.1, 0.15) is 0 Å². The molecule has 0 unspecified atom stereocenters. The highest BCUT2D eigenvalue weighted by atomic mass is 31.2. The van der Waals surface area contributed by atoms with Crippen LogP contribution in [0.4, 0.5) is 0 Å². The predicted octanol–water partition coefficient (Wildman–Crippen LogP) is 7.45. The molecule has 6 nitrogen and oxygen atoms in total. The summed E-state index contributed by atoms with van der Waals surface area (Å²) in [4.78, 5) is 0. The molecule has 0 saturated heterocycles. The minimum absolute atomic E-state index is 0.180. The molecule has 0 aliphatic heterocycles. The van der Waals surface area contributed by atoms with Crippen molar-refractivity contribution in [3.63, 3.8) is 0 Å². The summed E-state index contributed by atoms with van der Waals surface area (Å²) >= 11 is 0. The maximum Gasteiger partial charge on any atom is 0.145 e. The predicted molar refractivity (Wildman–Crippen MR) is 225 cm³/mol. The van der Waals surface area contributed by atoms with E-state index >= 15 is 0 Å². The van der Waals surface area contributed by atoms with Crippen molar-refractivity contribution in [3.05, 3.63) is 182 Å². The van der Waals surface area contributed by atoms with E-state index < -0.39 is 27.5 Å². The van der Waals surface area contributed by atoms with Crippen LogP contribution in [-0.2, 0) is 27.9 Å². The van der Waals surface area contributed by atoms with Gasteiger partial charge >= 0.3 is 0 Å². The molecular formula is C45H47O6P3. The highest BCUT2D eigenvalue weighted by Crippen LogP contribution is 2.45. The van der Waals surface area contributed by atoms with Crippen molar-refractivity contribution in [2.24, 2.45) is 0 Å². The first kappa shape index (κ1) is 39.6. The van der Waals surface area contributed by atoms with E-state index in [-0.39, 0.29) is 33.0 Å². The number of hydrogen-bond donors (Lipinski definition) is 0. The summed E-state index contributed by atoms with van der Waals surface area (Å²) < 4.78 is 62.7. The molecule has 0 aliphatic rings. The summed E-state index contributed by atoms with van der Waals surface area (Å²) in [5.41, 5.74) is 0. The first-order valence-corrected chi connectivity index (χ1v) is 24.0. The Kier molecular flexibility index (Phi) is 14.3. The van der Waals surface area contributed by atoms with E-state index in [0.717, 1.165) is 31.8 Å². The Morgan fingerprint density at radius 3 is 0.796 bits per heavy atom. The largest absolute Gasteiger partial charge is 0.378 e. The Balaban J connectivity index is 1.15. The van der Waals surface area contributed by atoms with Gasteiger partial charge in [0.2, 0.25) is 0 Å². The monoisotopic (exact) mass is 776 g/mol. The molecule has 278 valence electrons. The van der Waals surface area contributed by atoms with Crippen molar-refractivity contribution in [3.8, 4) is 0 Å². The van der Waals surface area contributed by atoms with E-state index in [9.17, 15) is 13.7 Å². The fraction of sp³-hybridized carbons (Fsp3) is 0.200. The van der Waals surface area contributed by atoms with E-state index in [1.165, 1.54) is 0 Å². The molecule has 0 radical (unpaired) electrons. The number of rotatable bonds is 20. The van der Waals surface area contributed by atoms with Gasteiger partial charge in [0.25, 0.3) is 0 Å². The quantitative estimate of drug-likeness (QED) is 0.0593. The molecule has 0 N–H and O–H groups in total. The Bertz CT molecular complexity index is 1900. The number of hydrogen-bond acceptors (Lipinski definition) is 6. The molecule has 0 saturated carbocycles. The first-order valence-electron chi connectivity index (χ1n) is 18.3. The molecule has 0 aliphatic carbocycles. The summed E-state index contributed by atoms with van der Waals surface area (Å²) in [5, 5.41) is 4.70. The SMILES string of the molecule is O=P(CCOCC(COCCP(=O)(c1ccccc1)c1ccccc1)OCCP(=O)(c1ccccc1)c1ccccc1)(c1ccccc1)c1ccccc1. The second-order valence-corrected chi connectivity index (χ2v) is 21.9. The molecule has 0 atom stereocenters. The van der Waals surface area contributed by atoms with Gasteiger partial charge in [-0.1, -0.05) is 182 Å². The van der Waals surface area contributed by atoms with Crippen LogP contribution in [0.15, 0.2) is 182 Å². The topological polar surface area (TPSA) is 78.9 Å². The van der Waals surface area contributed by atoms with E-state index in [2.05, 4.69) is 0 Å². The van der Waals surface area contributed by atoms with Gasteiger partial charge in [0.05, 0.1) is 33.0 Å². The van der Waals surface area contributed by atoms with Crippen molar-refractivity contribution in [1.82, 2.24) is 0 Å². The minimum atomic E-state index is -3.00. The van der Waals surface area contributed by atoms with Crippen LogP contribution >= 0.6 is 21.4 Å². The third-order valence-electron chi connectivity index (χ3n) is 9.51. The lowest BCUT2D eigenvalue weighted by Gasteiger charge is -2.24. The lowest BCUT2D eigenvalue weighted by atomic mass is 10.4. The number of benzene rings is 6. The zero-order valence-electron chi connectivity index (χ0n) is 30.3. The zero-order chi connectivity index (χ0) is 37.5. The number of ether oxygens (including phenoxy) is 3. The average molecular weight is 777 g/mol. The molecule has 9 heteroatoms. The van der Waals surface area contributed by atoms with Crippen molar-refractivity contribution in [2.45, 2.75) is 6.10 Å². The van der Waals surface area contributed by atoms with Crippen LogP contribution in [-0.4, -0.2) is 57.6 Å². The van der Waals surface area contributed by atoms with Crippen LogP contribution in [0.25, 0.3) is 0 Å². The molecule has 0 amide bonds. The fourth-order valence-electron chi connectivity index (χ4n) is 6.54. The van der Waals surface area contributed by atoms with E-state index in [4.69, 9.17) is 14.2 Å². The van der Waals surface area contributed by atoms with Crippen LogP contribution in [0.5, 0.6) is 0 Å². The van der Waals surface area contributed by atoms with Gasteiger partial charge in [0.15, 0.2) is 0 Å². The van der Waals surface area contributed by atoms with Gasteiger partial charge in [-0.25, -0.2) is 0 Å². The third-order valence-corrected chi connectivity index (χ3v) is 18.7. The summed E-state index contributed by atoms with van der Waals surface area (Å²) in [6.45, 7) is 1.05. The molecule has 0 spiro atoms. The van der Waals surface area contributed by atoms with Gasteiger partial charge in [-0.05, 0) is 0 Å². The zero-order valence-corrected chi connectivity index (χ0v) is 33.0. The van der Waals surface area contributed by atoms with Crippen LogP contribution in [0, 0.1) is 0 Å². The van der Waals surface area contributed by atoms with Crippen molar-refractivity contribution < 1.29 is 27.9 Å². The molecule has 6 aromatic carbocycles. The lowest BCUT2D eigenvalue weighted by Crippen LogP contribution is -2.30. The van der Waals surface area contributed by atoms with E-state index in [1.54, 1.807) is 0 Å². The Morgan fingerprint density at radius 1 is 0.333 bits per heavy atom. The summed E-state index contributed by atoms with van der Waals surface area (Å²) in [6.07, 6.45) is 0.434. The highest BCUT2D eigenvalue weighted by Gasteiger charge is 2.30. The molecule has 0 aromatic heterocycles. The van der Waals surface area contributed by atoms with E-state index in [1.807, 2.05) is 182 Å². The summed E-state index contributed by atoms with van der Waals surface area (Å²) in [5.74, 6) is 0. The molecule has 6 aromatic rings. The van der Waals surface area contributed by atoms with E-state index in [0.29, 0.717) is 18.5 Å². The highest BCUT2D eigenvalue weighted by molar-refractivity contribution is 7.79. The summed E-state index contributed by atoms with van der Waals surface area (Å²) in [7, 11) is -8.93. The Labute approximate surface area is 319 Å². The van der Waals surface area contributed by atoms with Crippen LogP contribution in [0.2, 0.25) is 0 Å². The van der Waals surface area contributed by atoms with Gasteiger partial charge in [0.1, 0.15) is 27.5 Å². The van der Waals surface area contributed by atoms with Crippen molar-refractivity contribution in [1.29, 1.82) is 0 Å². The molecule has 54 heavy (non-hydrogen) atoms. The van der Waals surface area contributed by atoms with Gasteiger partial charge in [-0.15, -0.1) is 0 Å². The molecule has 0 fully saturated rings. The lowest BCUT2D eigenvalue weighted by molar-refractivity contribution is -0.0513. The maximum absolute atomic E-state index is 14.7.